The lowest BCUT2D eigenvalue weighted by Crippen LogP contribution is -1.89. The normalized spacial score (nSPS) is 10.3. The second-order valence-electron chi connectivity index (χ2n) is 2.99. The van der Waals surface area contributed by atoms with E-state index in [0.717, 1.165) is 18.4 Å². The van der Waals surface area contributed by atoms with E-state index in [1.54, 1.807) is 12.1 Å². The highest BCUT2D eigenvalue weighted by Gasteiger charge is 2.09. The molecule has 0 saturated carbocycles. The Kier molecular flexibility index (Phi) is 3.14. The number of phenolic OH excluding ortho intramolecular Hbond substituents is 1. The van der Waals surface area contributed by atoms with Gasteiger partial charge in [0.25, 0.3) is 0 Å². The van der Waals surface area contributed by atoms with Gasteiger partial charge in [0, 0.05) is 5.56 Å². The highest BCUT2D eigenvalue weighted by atomic mass is 16.3. The second kappa shape index (κ2) is 4.14. The summed E-state index contributed by atoms with van der Waals surface area (Å²) < 4.78 is 0. The van der Waals surface area contributed by atoms with Crippen LogP contribution in [-0.2, 0) is 13.0 Å². The molecular weight excluding hydrogens is 168 g/mol. The van der Waals surface area contributed by atoms with Crippen molar-refractivity contribution >= 4 is 0 Å². The van der Waals surface area contributed by atoms with E-state index in [2.05, 4.69) is 0 Å². The Hall–Kier alpha value is -1.22. The fourth-order valence-electron chi connectivity index (χ4n) is 1.26. The minimum Gasteiger partial charge on any atom is -0.504 e. The lowest BCUT2D eigenvalue weighted by atomic mass is 10.1. The first-order valence-electron chi connectivity index (χ1n) is 4.34. The fourth-order valence-corrected chi connectivity index (χ4v) is 1.26. The van der Waals surface area contributed by atoms with Crippen molar-refractivity contribution in [2.75, 3.05) is 0 Å². The lowest BCUT2D eigenvalue weighted by Gasteiger charge is -2.07. The molecule has 0 atom stereocenters. The molecule has 0 bridgehead atoms. The molecule has 0 heterocycles. The third kappa shape index (κ3) is 1.92. The molecule has 0 amide bonds. The van der Waals surface area contributed by atoms with Crippen molar-refractivity contribution < 1.29 is 15.3 Å². The summed E-state index contributed by atoms with van der Waals surface area (Å²) in [7, 11) is 0. The van der Waals surface area contributed by atoms with E-state index in [0.29, 0.717) is 5.56 Å². The summed E-state index contributed by atoms with van der Waals surface area (Å²) in [5.41, 5.74) is 1.08. The Bertz CT molecular complexity index is 294. The van der Waals surface area contributed by atoms with E-state index in [-0.39, 0.29) is 18.1 Å². The van der Waals surface area contributed by atoms with E-state index in [9.17, 15) is 10.2 Å². The molecule has 0 aliphatic carbocycles. The predicted octanol–water partition coefficient (Wildman–Crippen LogP) is 1.54. The number of rotatable bonds is 3. The van der Waals surface area contributed by atoms with Crippen molar-refractivity contribution in [3.8, 4) is 11.5 Å². The van der Waals surface area contributed by atoms with Crippen LogP contribution in [0.2, 0.25) is 0 Å². The Morgan fingerprint density at radius 3 is 2.15 bits per heavy atom. The van der Waals surface area contributed by atoms with Gasteiger partial charge in [0.15, 0.2) is 11.5 Å². The van der Waals surface area contributed by atoms with Crippen LogP contribution in [0.5, 0.6) is 11.5 Å². The third-order valence-corrected chi connectivity index (χ3v) is 2.01. The number of hydrogen-bond donors (Lipinski definition) is 3. The molecule has 1 aromatic carbocycles. The quantitative estimate of drug-likeness (QED) is 0.621. The molecule has 0 aliphatic heterocycles. The summed E-state index contributed by atoms with van der Waals surface area (Å²) in [4.78, 5) is 0. The van der Waals surface area contributed by atoms with Crippen molar-refractivity contribution in [3.05, 3.63) is 23.3 Å². The lowest BCUT2D eigenvalue weighted by molar-refractivity contribution is 0.273. The maximum absolute atomic E-state index is 9.48. The number of aliphatic hydroxyl groups is 1. The monoisotopic (exact) mass is 182 g/mol. The molecule has 1 aromatic rings. The summed E-state index contributed by atoms with van der Waals surface area (Å²) in [5, 5.41) is 27.7. The van der Waals surface area contributed by atoms with Crippen LogP contribution < -0.4 is 0 Å². The highest BCUT2D eigenvalue weighted by Crippen LogP contribution is 2.33. The number of aliphatic hydroxyl groups excluding tert-OH is 1. The molecule has 3 nitrogen and oxygen atoms in total. The Labute approximate surface area is 77.3 Å². The molecule has 0 fully saturated rings. The van der Waals surface area contributed by atoms with Crippen LogP contribution in [0, 0.1) is 0 Å². The molecular formula is C10H14O3. The van der Waals surface area contributed by atoms with Crippen molar-refractivity contribution in [2.24, 2.45) is 0 Å². The summed E-state index contributed by atoms with van der Waals surface area (Å²) in [5.74, 6) is -0.304. The van der Waals surface area contributed by atoms with Gasteiger partial charge in [-0.05, 0) is 12.0 Å². The molecule has 0 aromatic heterocycles. The Balaban J connectivity index is 3.07. The maximum atomic E-state index is 9.48. The highest BCUT2D eigenvalue weighted by molar-refractivity contribution is 5.49. The van der Waals surface area contributed by atoms with Crippen molar-refractivity contribution in [2.45, 2.75) is 26.4 Å². The van der Waals surface area contributed by atoms with Crippen molar-refractivity contribution in [1.82, 2.24) is 0 Å². The van der Waals surface area contributed by atoms with Gasteiger partial charge >= 0.3 is 0 Å². The van der Waals surface area contributed by atoms with Crippen molar-refractivity contribution in [3.63, 3.8) is 0 Å². The number of phenols is 2. The van der Waals surface area contributed by atoms with Crippen LogP contribution in [-0.4, -0.2) is 15.3 Å². The van der Waals surface area contributed by atoms with Gasteiger partial charge in [0.05, 0.1) is 6.61 Å². The second-order valence-corrected chi connectivity index (χ2v) is 2.99. The molecule has 0 unspecified atom stereocenters. The van der Waals surface area contributed by atoms with Crippen LogP contribution in [0.15, 0.2) is 12.1 Å². The average molecular weight is 182 g/mol. The molecule has 3 N–H and O–H groups in total. The summed E-state index contributed by atoms with van der Waals surface area (Å²) >= 11 is 0. The van der Waals surface area contributed by atoms with Gasteiger partial charge in [-0.25, -0.2) is 0 Å². The Morgan fingerprint density at radius 1 is 1.08 bits per heavy atom. The zero-order chi connectivity index (χ0) is 9.84. The molecule has 1 rings (SSSR count). The average Bonchev–Trinajstić information content (AvgIpc) is 2.14. The van der Waals surface area contributed by atoms with Crippen LogP contribution in [0.25, 0.3) is 0 Å². The SMILES string of the molecule is CCCc1ccc(CO)c(O)c1O. The van der Waals surface area contributed by atoms with E-state index in [1.165, 1.54) is 0 Å². The molecule has 0 spiro atoms. The zero-order valence-electron chi connectivity index (χ0n) is 7.62. The smallest absolute Gasteiger partial charge is 0.163 e. The molecule has 0 radical (unpaired) electrons. The van der Waals surface area contributed by atoms with Crippen LogP contribution in [0.1, 0.15) is 24.5 Å². The molecule has 3 heteroatoms. The third-order valence-electron chi connectivity index (χ3n) is 2.01. The first-order valence-corrected chi connectivity index (χ1v) is 4.34. The van der Waals surface area contributed by atoms with Gasteiger partial charge < -0.3 is 15.3 Å². The standard InChI is InChI=1S/C10H14O3/c1-2-3-7-4-5-8(6-11)10(13)9(7)12/h4-5,11-13H,2-3,6H2,1H3. The molecule has 0 aliphatic rings. The van der Waals surface area contributed by atoms with E-state index < -0.39 is 0 Å². The van der Waals surface area contributed by atoms with Gasteiger partial charge in [0.2, 0.25) is 0 Å². The largest absolute Gasteiger partial charge is 0.504 e. The fraction of sp³-hybridized carbons (Fsp3) is 0.400. The van der Waals surface area contributed by atoms with Gasteiger partial charge in [-0.2, -0.15) is 0 Å². The molecule has 0 saturated heterocycles. The van der Waals surface area contributed by atoms with E-state index in [4.69, 9.17) is 5.11 Å². The summed E-state index contributed by atoms with van der Waals surface area (Å²) in [6, 6.07) is 3.35. The Morgan fingerprint density at radius 2 is 1.62 bits per heavy atom. The molecule has 13 heavy (non-hydrogen) atoms. The number of benzene rings is 1. The predicted molar refractivity (Wildman–Crippen MR) is 49.7 cm³/mol. The van der Waals surface area contributed by atoms with Gasteiger partial charge in [-0.1, -0.05) is 25.5 Å². The minimum absolute atomic E-state index is 0.103. The first-order chi connectivity index (χ1) is 6.20. The molecule has 72 valence electrons. The number of hydrogen-bond acceptors (Lipinski definition) is 3. The number of aryl methyl sites for hydroxylation is 1. The van der Waals surface area contributed by atoms with Gasteiger partial charge in [-0.15, -0.1) is 0 Å². The van der Waals surface area contributed by atoms with Crippen LogP contribution in [0.4, 0.5) is 0 Å². The first kappa shape index (κ1) is 9.86. The van der Waals surface area contributed by atoms with Crippen molar-refractivity contribution in [1.29, 1.82) is 0 Å². The van der Waals surface area contributed by atoms with E-state index in [1.807, 2.05) is 6.92 Å². The zero-order valence-corrected chi connectivity index (χ0v) is 7.62. The maximum Gasteiger partial charge on any atom is 0.163 e. The minimum atomic E-state index is -0.258. The van der Waals surface area contributed by atoms with Gasteiger partial charge in [-0.3, -0.25) is 0 Å². The summed E-state index contributed by atoms with van der Waals surface area (Å²) in [6.07, 6.45) is 1.64. The van der Waals surface area contributed by atoms with E-state index >= 15 is 0 Å². The van der Waals surface area contributed by atoms with Crippen LogP contribution >= 0.6 is 0 Å². The van der Waals surface area contributed by atoms with Gasteiger partial charge in [0.1, 0.15) is 0 Å². The number of aromatic hydroxyl groups is 2. The topological polar surface area (TPSA) is 60.7 Å². The summed E-state index contributed by atoms with van der Waals surface area (Å²) in [6.45, 7) is 1.74. The van der Waals surface area contributed by atoms with Crippen LogP contribution in [0.3, 0.4) is 0 Å².